The molecule has 2 aliphatic rings. The number of carbonyl (C=O) groups is 2. The van der Waals surface area contributed by atoms with Crippen LogP contribution in [-0.4, -0.2) is 29.8 Å². The predicted octanol–water partition coefficient (Wildman–Crippen LogP) is 5.16. The Morgan fingerprint density at radius 1 is 1.06 bits per heavy atom. The van der Waals surface area contributed by atoms with Gasteiger partial charge in [0.05, 0.1) is 30.0 Å². The number of esters is 1. The smallest absolute Gasteiger partial charge is 0.337 e. The lowest BCUT2D eigenvalue weighted by Gasteiger charge is -2.37. The molecule has 0 bridgehead atoms. The summed E-state index contributed by atoms with van der Waals surface area (Å²) < 4.78 is 4.82. The van der Waals surface area contributed by atoms with Gasteiger partial charge in [-0.2, -0.15) is 5.10 Å². The number of nitrogens with one attached hydrogen (secondary N) is 2. The van der Waals surface area contributed by atoms with Gasteiger partial charge in [0.2, 0.25) is 0 Å². The standard InChI is InChI=1S/C29H27N3O4/c1-17(31-32-28(34)23-6-3-4-9-26(23)33)20-14-15-25-24(16-20)21-7-5-8-22(21)27(30-25)18-10-12-19(13-11-18)29(35)36-2/h3-7,9-16,21-22,27,30,33H,8H2,1-2H3,(H,32,34)/b31-17-/t21-,22-,27+/m1/s1. The van der Waals surface area contributed by atoms with Crippen molar-refractivity contribution in [3.8, 4) is 5.75 Å². The molecule has 1 heterocycles. The number of hydrogen-bond acceptors (Lipinski definition) is 6. The Labute approximate surface area is 209 Å². The minimum atomic E-state index is -0.466. The van der Waals surface area contributed by atoms with E-state index in [1.165, 1.54) is 18.7 Å². The number of amides is 1. The van der Waals surface area contributed by atoms with Crippen LogP contribution in [0.25, 0.3) is 0 Å². The zero-order valence-electron chi connectivity index (χ0n) is 20.1. The Morgan fingerprint density at radius 3 is 2.56 bits per heavy atom. The van der Waals surface area contributed by atoms with Gasteiger partial charge in [-0.3, -0.25) is 4.79 Å². The number of phenols is 1. The van der Waals surface area contributed by atoms with Crippen molar-refractivity contribution < 1.29 is 19.4 Å². The third-order valence-electron chi connectivity index (χ3n) is 6.95. The highest BCUT2D eigenvalue weighted by atomic mass is 16.5. The van der Waals surface area contributed by atoms with Crippen molar-refractivity contribution in [3.63, 3.8) is 0 Å². The molecule has 3 aromatic carbocycles. The number of anilines is 1. The first-order chi connectivity index (χ1) is 17.5. The first-order valence-electron chi connectivity index (χ1n) is 11.8. The number of allylic oxidation sites excluding steroid dienone is 2. The zero-order chi connectivity index (χ0) is 25.2. The monoisotopic (exact) mass is 481 g/mol. The number of ether oxygens (including phenoxy) is 1. The molecular formula is C29H27N3O4. The number of methoxy groups -OCH3 is 1. The maximum absolute atomic E-state index is 12.4. The molecule has 7 nitrogen and oxygen atoms in total. The zero-order valence-corrected chi connectivity index (χ0v) is 20.1. The van der Waals surface area contributed by atoms with E-state index < -0.39 is 5.91 Å². The lowest BCUT2D eigenvalue weighted by atomic mass is 9.76. The number of hydrazone groups is 1. The number of para-hydroxylation sites is 1. The van der Waals surface area contributed by atoms with E-state index in [-0.39, 0.29) is 29.2 Å². The van der Waals surface area contributed by atoms with Gasteiger partial charge in [-0.05, 0) is 72.4 Å². The molecule has 3 N–H and O–H groups in total. The van der Waals surface area contributed by atoms with Crippen LogP contribution < -0.4 is 10.7 Å². The summed E-state index contributed by atoms with van der Waals surface area (Å²) in [6.45, 7) is 1.84. The van der Waals surface area contributed by atoms with Crippen molar-refractivity contribution in [1.82, 2.24) is 5.43 Å². The van der Waals surface area contributed by atoms with Gasteiger partial charge >= 0.3 is 5.97 Å². The minimum absolute atomic E-state index is 0.0868. The molecule has 1 aliphatic heterocycles. The fourth-order valence-corrected chi connectivity index (χ4v) is 5.02. The number of carbonyl (C=O) groups excluding carboxylic acids is 2. The molecule has 0 unspecified atom stereocenters. The molecule has 0 spiro atoms. The number of hydrogen-bond donors (Lipinski definition) is 3. The van der Waals surface area contributed by atoms with E-state index in [1.807, 2.05) is 43.3 Å². The van der Waals surface area contributed by atoms with Crippen LogP contribution in [0.1, 0.15) is 62.7 Å². The molecule has 0 saturated carbocycles. The van der Waals surface area contributed by atoms with E-state index in [0.717, 1.165) is 23.2 Å². The molecule has 0 aromatic heterocycles. The highest BCUT2D eigenvalue weighted by Gasteiger charge is 2.38. The molecule has 0 saturated heterocycles. The normalized spacial score (nSPS) is 20.2. The summed E-state index contributed by atoms with van der Waals surface area (Å²) in [7, 11) is 1.38. The van der Waals surface area contributed by atoms with Gasteiger partial charge in [0.25, 0.3) is 5.91 Å². The lowest BCUT2D eigenvalue weighted by molar-refractivity contribution is 0.0600. The number of nitrogens with zero attached hydrogens (tertiary/aromatic N) is 1. The van der Waals surface area contributed by atoms with E-state index in [4.69, 9.17) is 4.74 Å². The van der Waals surface area contributed by atoms with E-state index in [2.05, 4.69) is 34.1 Å². The predicted molar refractivity (Wildman–Crippen MR) is 138 cm³/mol. The summed E-state index contributed by atoms with van der Waals surface area (Å²) in [6.07, 6.45) is 5.44. The van der Waals surface area contributed by atoms with Crippen LogP contribution in [0.5, 0.6) is 5.75 Å². The third kappa shape index (κ3) is 4.35. The summed E-state index contributed by atoms with van der Waals surface area (Å²) in [5, 5.41) is 17.9. The lowest BCUT2D eigenvalue weighted by Crippen LogP contribution is -2.29. The number of phenolic OH excluding ortho intramolecular Hbond substituents is 1. The molecule has 1 aliphatic carbocycles. The van der Waals surface area contributed by atoms with Gasteiger partial charge in [0.1, 0.15) is 5.75 Å². The second kappa shape index (κ2) is 9.70. The maximum atomic E-state index is 12.4. The van der Waals surface area contributed by atoms with Crippen LogP contribution in [0.2, 0.25) is 0 Å². The Hall–Kier alpha value is -4.39. The Kier molecular flexibility index (Phi) is 6.29. The van der Waals surface area contributed by atoms with Gasteiger partial charge < -0.3 is 15.2 Å². The first-order valence-corrected chi connectivity index (χ1v) is 11.8. The second-order valence-electron chi connectivity index (χ2n) is 9.05. The number of aromatic hydroxyl groups is 1. The number of fused-ring (bicyclic) bond motifs is 3. The van der Waals surface area contributed by atoms with Crippen molar-refractivity contribution in [2.75, 3.05) is 12.4 Å². The van der Waals surface area contributed by atoms with Gasteiger partial charge in [0.15, 0.2) is 0 Å². The average Bonchev–Trinajstić information content (AvgIpc) is 3.41. The maximum Gasteiger partial charge on any atom is 0.337 e. The Balaban J connectivity index is 1.38. The van der Waals surface area contributed by atoms with E-state index in [1.54, 1.807) is 18.2 Å². The molecule has 0 fully saturated rings. The van der Waals surface area contributed by atoms with Gasteiger partial charge in [0, 0.05) is 11.6 Å². The topological polar surface area (TPSA) is 100 Å². The molecule has 5 rings (SSSR count). The number of benzene rings is 3. The summed E-state index contributed by atoms with van der Waals surface area (Å²) in [5.74, 6) is -0.307. The average molecular weight is 482 g/mol. The van der Waals surface area contributed by atoms with Gasteiger partial charge in [-0.15, -0.1) is 0 Å². The Bertz CT molecular complexity index is 1380. The van der Waals surface area contributed by atoms with Crippen LogP contribution in [0.4, 0.5) is 5.69 Å². The van der Waals surface area contributed by atoms with Crippen molar-refractivity contribution in [3.05, 3.63) is 107 Å². The van der Waals surface area contributed by atoms with Crippen molar-refractivity contribution in [1.29, 1.82) is 0 Å². The summed E-state index contributed by atoms with van der Waals surface area (Å²) >= 11 is 0. The van der Waals surface area contributed by atoms with Crippen LogP contribution in [0.15, 0.2) is 84.0 Å². The highest BCUT2D eigenvalue weighted by Crippen LogP contribution is 2.50. The van der Waals surface area contributed by atoms with E-state index in [0.29, 0.717) is 17.2 Å². The molecule has 7 heteroatoms. The second-order valence-corrected chi connectivity index (χ2v) is 9.05. The van der Waals surface area contributed by atoms with Crippen molar-refractivity contribution >= 4 is 23.3 Å². The summed E-state index contributed by atoms with van der Waals surface area (Å²) in [5.41, 5.74) is 8.19. The van der Waals surface area contributed by atoms with Crippen LogP contribution in [0, 0.1) is 5.92 Å². The minimum Gasteiger partial charge on any atom is -0.507 e. The molecular weight excluding hydrogens is 454 g/mol. The van der Waals surface area contributed by atoms with E-state index >= 15 is 0 Å². The summed E-state index contributed by atoms with van der Waals surface area (Å²) in [6, 6.07) is 20.2. The number of rotatable bonds is 5. The third-order valence-corrected chi connectivity index (χ3v) is 6.95. The van der Waals surface area contributed by atoms with Crippen LogP contribution in [0.3, 0.4) is 0 Å². The first kappa shape index (κ1) is 23.4. The SMILES string of the molecule is COC(=O)c1ccc([C@@H]2Nc3ccc(/C(C)=N\NC(=O)c4ccccc4O)cc3[C@@H]3C=CC[C@H]32)cc1. The summed E-state index contributed by atoms with van der Waals surface area (Å²) in [4.78, 5) is 24.2. The van der Waals surface area contributed by atoms with Gasteiger partial charge in [-0.1, -0.05) is 42.5 Å². The highest BCUT2D eigenvalue weighted by molar-refractivity contribution is 6.02. The molecule has 1 amide bonds. The van der Waals surface area contributed by atoms with Crippen LogP contribution >= 0.6 is 0 Å². The van der Waals surface area contributed by atoms with Crippen molar-refractivity contribution in [2.24, 2.45) is 11.0 Å². The fraction of sp³-hybridized carbons (Fsp3) is 0.207. The Morgan fingerprint density at radius 2 is 1.81 bits per heavy atom. The largest absolute Gasteiger partial charge is 0.507 e. The molecule has 3 atom stereocenters. The van der Waals surface area contributed by atoms with Gasteiger partial charge in [-0.25, -0.2) is 10.2 Å². The molecule has 36 heavy (non-hydrogen) atoms. The fourth-order valence-electron chi connectivity index (χ4n) is 5.02. The van der Waals surface area contributed by atoms with Crippen LogP contribution in [-0.2, 0) is 4.74 Å². The quantitative estimate of drug-likeness (QED) is 0.202. The molecule has 182 valence electrons. The molecule has 3 aromatic rings. The van der Waals surface area contributed by atoms with Crippen molar-refractivity contribution in [2.45, 2.75) is 25.3 Å². The molecule has 0 radical (unpaired) electrons. The van der Waals surface area contributed by atoms with E-state index in [9.17, 15) is 14.7 Å².